The number of hydrogen-bond acceptors (Lipinski definition) is 7. The summed E-state index contributed by atoms with van der Waals surface area (Å²) in [4.78, 5) is 18.0. The van der Waals surface area contributed by atoms with Crippen LogP contribution in [-0.2, 0) is 6.61 Å². The second-order valence-electron chi connectivity index (χ2n) is 6.02. The molecular formula is C19H21N3O4S. The van der Waals surface area contributed by atoms with E-state index >= 15 is 0 Å². The van der Waals surface area contributed by atoms with Gasteiger partial charge >= 0.3 is 0 Å². The van der Waals surface area contributed by atoms with Gasteiger partial charge in [0, 0.05) is 17.0 Å². The first-order chi connectivity index (χ1) is 13.0. The number of aromatic nitrogens is 2. The number of amides is 1. The minimum atomic E-state index is -0.316. The van der Waals surface area contributed by atoms with E-state index in [1.54, 1.807) is 30.6 Å². The number of thiazole rings is 1. The molecule has 1 aromatic carbocycles. The van der Waals surface area contributed by atoms with Gasteiger partial charge in [0.2, 0.25) is 0 Å². The van der Waals surface area contributed by atoms with E-state index in [2.05, 4.69) is 15.5 Å². The number of aryl methyl sites for hydroxylation is 2. The maximum Gasteiger partial charge on any atom is 0.274 e. The number of nitrogens with zero attached hydrogens (tertiary/aromatic N) is 2. The van der Waals surface area contributed by atoms with Crippen molar-refractivity contribution in [3.8, 4) is 11.5 Å². The second-order valence-corrected chi connectivity index (χ2v) is 7.42. The second kappa shape index (κ2) is 8.22. The highest BCUT2D eigenvalue weighted by atomic mass is 32.1. The van der Waals surface area contributed by atoms with Gasteiger partial charge in [-0.05, 0) is 32.9 Å². The molecule has 1 atom stereocenters. The van der Waals surface area contributed by atoms with Crippen molar-refractivity contribution in [2.24, 2.45) is 0 Å². The SMILES string of the molecule is COc1cccc(OCc2cc(C(=O)N[C@H](C)c3nc(C)sc3C)no2)c1. The van der Waals surface area contributed by atoms with Gasteiger partial charge in [0.1, 0.15) is 18.1 Å². The number of carbonyl (C=O) groups is 1. The Morgan fingerprint density at radius 2 is 2.07 bits per heavy atom. The largest absolute Gasteiger partial charge is 0.497 e. The molecule has 3 aromatic rings. The van der Waals surface area contributed by atoms with Crippen LogP contribution >= 0.6 is 11.3 Å². The van der Waals surface area contributed by atoms with Crippen molar-refractivity contribution in [3.63, 3.8) is 0 Å². The summed E-state index contributed by atoms with van der Waals surface area (Å²) >= 11 is 1.61. The molecule has 3 rings (SSSR count). The molecule has 2 heterocycles. The van der Waals surface area contributed by atoms with Crippen LogP contribution in [0.5, 0.6) is 11.5 Å². The average molecular weight is 387 g/mol. The molecule has 8 heteroatoms. The summed E-state index contributed by atoms with van der Waals surface area (Å²) in [7, 11) is 1.59. The smallest absolute Gasteiger partial charge is 0.274 e. The third kappa shape index (κ3) is 4.65. The number of hydrogen-bond donors (Lipinski definition) is 1. The van der Waals surface area contributed by atoms with E-state index in [1.165, 1.54) is 0 Å². The molecule has 0 unspecified atom stereocenters. The van der Waals surface area contributed by atoms with Crippen LogP contribution < -0.4 is 14.8 Å². The van der Waals surface area contributed by atoms with Crippen molar-refractivity contribution >= 4 is 17.2 Å². The number of ether oxygens (including phenoxy) is 2. The molecule has 0 bridgehead atoms. The third-order valence-corrected chi connectivity index (χ3v) is 4.81. The molecule has 0 aliphatic rings. The van der Waals surface area contributed by atoms with Crippen LogP contribution in [0.1, 0.15) is 44.8 Å². The van der Waals surface area contributed by atoms with Crippen LogP contribution in [0.3, 0.4) is 0 Å². The Bertz CT molecular complexity index is 935. The van der Waals surface area contributed by atoms with Gasteiger partial charge in [-0.15, -0.1) is 11.3 Å². The van der Waals surface area contributed by atoms with Gasteiger partial charge in [-0.1, -0.05) is 11.2 Å². The molecule has 0 aliphatic carbocycles. The van der Waals surface area contributed by atoms with E-state index in [0.29, 0.717) is 17.3 Å². The molecule has 1 amide bonds. The first kappa shape index (κ1) is 18.9. The van der Waals surface area contributed by atoms with Crippen molar-refractivity contribution in [1.29, 1.82) is 0 Å². The van der Waals surface area contributed by atoms with Gasteiger partial charge in [-0.3, -0.25) is 4.79 Å². The predicted molar refractivity (Wildman–Crippen MR) is 101 cm³/mol. The molecule has 0 saturated heterocycles. The van der Waals surface area contributed by atoms with Gasteiger partial charge in [0.15, 0.2) is 11.5 Å². The molecule has 142 valence electrons. The number of nitrogens with one attached hydrogen (secondary N) is 1. The molecule has 0 radical (unpaired) electrons. The fourth-order valence-electron chi connectivity index (χ4n) is 2.62. The van der Waals surface area contributed by atoms with E-state index < -0.39 is 0 Å². The molecule has 2 aromatic heterocycles. The normalized spacial score (nSPS) is 11.9. The lowest BCUT2D eigenvalue weighted by molar-refractivity contribution is 0.0929. The van der Waals surface area contributed by atoms with E-state index in [-0.39, 0.29) is 24.2 Å². The molecule has 0 spiro atoms. The fraction of sp³-hybridized carbons (Fsp3) is 0.316. The Kier molecular flexibility index (Phi) is 5.75. The Morgan fingerprint density at radius 1 is 1.30 bits per heavy atom. The van der Waals surface area contributed by atoms with Crippen molar-refractivity contribution in [2.75, 3.05) is 7.11 Å². The first-order valence-electron chi connectivity index (χ1n) is 8.43. The van der Waals surface area contributed by atoms with Crippen LogP contribution in [0, 0.1) is 13.8 Å². The highest BCUT2D eigenvalue weighted by Gasteiger charge is 2.19. The molecule has 0 fully saturated rings. The fourth-order valence-corrected chi connectivity index (χ4v) is 3.53. The predicted octanol–water partition coefficient (Wildman–Crippen LogP) is 3.83. The summed E-state index contributed by atoms with van der Waals surface area (Å²) in [6.45, 7) is 5.99. The zero-order chi connectivity index (χ0) is 19.4. The van der Waals surface area contributed by atoms with Gasteiger partial charge in [-0.2, -0.15) is 0 Å². The Morgan fingerprint density at radius 3 is 2.78 bits per heavy atom. The van der Waals surface area contributed by atoms with E-state index in [4.69, 9.17) is 14.0 Å². The quantitative estimate of drug-likeness (QED) is 0.663. The molecule has 0 aliphatic heterocycles. The van der Waals surface area contributed by atoms with Gasteiger partial charge in [0.05, 0.1) is 23.9 Å². The van der Waals surface area contributed by atoms with Gasteiger partial charge in [0.25, 0.3) is 5.91 Å². The van der Waals surface area contributed by atoms with Crippen LogP contribution in [0.4, 0.5) is 0 Å². The van der Waals surface area contributed by atoms with Crippen molar-refractivity contribution in [1.82, 2.24) is 15.5 Å². The van der Waals surface area contributed by atoms with Crippen LogP contribution in [0.25, 0.3) is 0 Å². The summed E-state index contributed by atoms with van der Waals surface area (Å²) in [5.41, 5.74) is 1.08. The highest BCUT2D eigenvalue weighted by Crippen LogP contribution is 2.23. The zero-order valence-electron chi connectivity index (χ0n) is 15.6. The van der Waals surface area contributed by atoms with Crippen molar-refractivity contribution in [2.45, 2.75) is 33.4 Å². The molecule has 0 saturated carbocycles. The van der Waals surface area contributed by atoms with E-state index in [1.807, 2.05) is 39.0 Å². The Hall–Kier alpha value is -2.87. The lowest BCUT2D eigenvalue weighted by atomic mass is 10.2. The number of rotatable bonds is 7. The lowest BCUT2D eigenvalue weighted by Gasteiger charge is -2.11. The molecule has 1 N–H and O–H groups in total. The van der Waals surface area contributed by atoms with Crippen molar-refractivity contribution < 1.29 is 18.8 Å². The maximum absolute atomic E-state index is 12.4. The third-order valence-electron chi connectivity index (χ3n) is 3.91. The molecule has 27 heavy (non-hydrogen) atoms. The van der Waals surface area contributed by atoms with Gasteiger partial charge < -0.3 is 19.3 Å². The summed E-state index contributed by atoms with van der Waals surface area (Å²) in [6, 6.07) is 8.60. The van der Waals surface area contributed by atoms with Crippen LogP contribution in [0.15, 0.2) is 34.9 Å². The zero-order valence-corrected chi connectivity index (χ0v) is 16.4. The van der Waals surface area contributed by atoms with Crippen LogP contribution in [-0.4, -0.2) is 23.2 Å². The lowest BCUT2D eigenvalue weighted by Crippen LogP contribution is -2.27. The molecular weight excluding hydrogens is 366 g/mol. The summed E-state index contributed by atoms with van der Waals surface area (Å²) < 4.78 is 16.0. The van der Waals surface area contributed by atoms with Crippen molar-refractivity contribution in [3.05, 3.63) is 57.4 Å². The Balaban J connectivity index is 1.59. The summed E-state index contributed by atoms with van der Waals surface area (Å²) in [5, 5.41) is 7.70. The number of benzene rings is 1. The minimum absolute atomic E-state index is 0.160. The average Bonchev–Trinajstić information content (AvgIpc) is 3.26. The topological polar surface area (TPSA) is 86.5 Å². The van der Waals surface area contributed by atoms with Crippen LogP contribution in [0.2, 0.25) is 0 Å². The standard InChI is InChI=1S/C19H21N3O4S/c1-11(18-12(2)27-13(3)21-18)20-19(23)17-9-16(26-22-17)10-25-15-7-5-6-14(8-15)24-4/h5-9,11H,10H2,1-4H3,(H,20,23)/t11-/m1/s1. The van der Waals surface area contributed by atoms with E-state index in [0.717, 1.165) is 15.6 Å². The highest BCUT2D eigenvalue weighted by molar-refractivity contribution is 7.11. The summed E-state index contributed by atoms with van der Waals surface area (Å²) in [6.07, 6.45) is 0. The Labute approximate surface area is 161 Å². The maximum atomic E-state index is 12.4. The summed E-state index contributed by atoms with van der Waals surface area (Å²) in [5.74, 6) is 1.48. The molecule has 7 nitrogen and oxygen atoms in total. The minimum Gasteiger partial charge on any atom is -0.497 e. The first-order valence-corrected chi connectivity index (χ1v) is 9.25. The van der Waals surface area contributed by atoms with E-state index in [9.17, 15) is 4.79 Å². The monoisotopic (exact) mass is 387 g/mol. The number of carbonyl (C=O) groups excluding carboxylic acids is 1. The van der Waals surface area contributed by atoms with Gasteiger partial charge in [-0.25, -0.2) is 4.98 Å². The number of methoxy groups -OCH3 is 1.